The minimum Gasteiger partial charge on any atom is -0.357 e. The molecule has 7 nitrogen and oxygen atoms in total. The zero-order chi connectivity index (χ0) is 22.3. The smallest absolute Gasteiger partial charge is 0.191 e. The molecular formula is C22H39N5O2S. The fourth-order valence-electron chi connectivity index (χ4n) is 3.88. The maximum atomic E-state index is 11.8. The van der Waals surface area contributed by atoms with Crippen LogP contribution in [0.4, 0.5) is 0 Å². The van der Waals surface area contributed by atoms with E-state index < -0.39 is 9.84 Å². The number of benzene rings is 1. The summed E-state index contributed by atoms with van der Waals surface area (Å²) in [6.07, 6.45) is 1.24. The molecular weight excluding hydrogens is 398 g/mol. The number of piperazine rings is 1. The molecule has 0 aromatic heterocycles. The third-order valence-electron chi connectivity index (χ3n) is 5.66. The summed E-state index contributed by atoms with van der Waals surface area (Å²) in [7, 11) is -1.02. The summed E-state index contributed by atoms with van der Waals surface area (Å²) >= 11 is 0. The number of nitrogens with one attached hydrogen (secondary N) is 2. The Hall–Kier alpha value is -1.64. The Balaban J connectivity index is 2.03. The first-order valence-corrected chi connectivity index (χ1v) is 12.7. The topological polar surface area (TPSA) is 77.0 Å². The summed E-state index contributed by atoms with van der Waals surface area (Å²) in [5.41, 5.74) is 1.76. The van der Waals surface area contributed by atoms with Crippen molar-refractivity contribution in [1.29, 1.82) is 0 Å². The predicted octanol–water partition coefficient (Wildman–Crippen LogP) is 1.73. The molecule has 1 aliphatic heterocycles. The van der Waals surface area contributed by atoms with Crippen LogP contribution in [0.25, 0.3) is 0 Å². The van der Waals surface area contributed by atoms with Crippen molar-refractivity contribution in [2.45, 2.75) is 45.2 Å². The van der Waals surface area contributed by atoms with Gasteiger partial charge in [0.25, 0.3) is 0 Å². The molecule has 0 saturated carbocycles. The van der Waals surface area contributed by atoms with E-state index in [2.05, 4.69) is 48.3 Å². The molecule has 1 saturated heterocycles. The van der Waals surface area contributed by atoms with Gasteiger partial charge >= 0.3 is 0 Å². The van der Waals surface area contributed by atoms with Crippen LogP contribution in [0.15, 0.2) is 28.1 Å². The third-order valence-corrected chi connectivity index (χ3v) is 6.91. The van der Waals surface area contributed by atoms with Gasteiger partial charge in [0.15, 0.2) is 15.8 Å². The van der Waals surface area contributed by atoms with E-state index in [1.165, 1.54) is 6.26 Å². The molecule has 1 unspecified atom stereocenters. The number of aryl methyl sites for hydroxylation is 1. The SMILES string of the molecule is CCNC(=NCc1ccc(S(C)(=O)=O)c(C)c1)NCC(C(C)C)N1CCN(C)CC1. The highest BCUT2D eigenvalue weighted by atomic mass is 32.2. The molecule has 1 fully saturated rings. The van der Waals surface area contributed by atoms with Crippen LogP contribution < -0.4 is 10.6 Å². The van der Waals surface area contributed by atoms with Gasteiger partial charge in [-0.3, -0.25) is 4.90 Å². The van der Waals surface area contributed by atoms with Crippen molar-refractivity contribution in [3.05, 3.63) is 29.3 Å². The van der Waals surface area contributed by atoms with Gasteiger partial charge in [-0.2, -0.15) is 0 Å². The van der Waals surface area contributed by atoms with Gasteiger partial charge in [0, 0.05) is 51.6 Å². The molecule has 0 amide bonds. The molecule has 2 rings (SSSR count). The van der Waals surface area contributed by atoms with Crippen molar-refractivity contribution in [1.82, 2.24) is 20.4 Å². The molecule has 170 valence electrons. The minimum absolute atomic E-state index is 0.382. The lowest BCUT2D eigenvalue weighted by molar-refractivity contribution is 0.0900. The first-order valence-electron chi connectivity index (χ1n) is 10.9. The molecule has 0 bridgehead atoms. The second-order valence-corrected chi connectivity index (χ2v) is 10.6. The molecule has 1 aliphatic rings. The Morgan fingerprint density at radius 3 is 2.37 bits per heavy atom. The molecule has 0 radical (unpaired) electrons. The number of guanidine groups is 1. The summed E-state index contributed by atoms with van der Waals surface area (Å²) in [5, 5.41) is 6.84. The van der Waals surface area contributed by atoms with E-state index in [9.17, 15) is 8.42 Å². The molecule has 0 spiro atoms. The maximum absolute atomic E-state index is 11.8. The lowest BCUT2D eigenvalue weighted by atomic mass is 10.0. The van der Waals surface area contributed by atoms with Crippen LogP contribution in [0.1, 0.15) is 31.9 Å². The molecule has 0 aliphatic carbocycles. The number of nitrogens with zero attached hydrogens (tertiary/aromatic N) is 3. The summed E-state index contributed by atoms with van der Waals surface area (Å²) < 4.78 is 23.6. The van der Waals surface area contributed by atoms with Crippen molar-refractivity contribution in [3.8, 4) is 0 Å². The fourth-order valence-corrected chi connectivity index (χ4v) is 4.84. The molecule has 1 atom stereocenters. The van der Waals surface area contributed by atoms with E-state index in [4.69, 9.17) is 4.99 Å². The average molecular weight is 438 g/mol. The Bertz CT molecular complexity index is 815. The largest absolute Gasteiger partial charge is 0.357 e. The van der Waals surface area contributed by atoms with Crippen LogP contribution in [0, 0.1) is 12.8 Å². The summed E-state index contributed by atoms with van der Waals surface area (Å²) in [5.74, 6) is 1.34. The van der Waals surface area contributed by atoms with Crippen molar-refractivity contribution in [2.75, 3.05) is 52.6 Å². The second-order valence-electron chi connectivity index (χ2n) is 8.60. The summed E-state index contributed by atoms with van der Waals surface area (Å²) in [6.45, 7) is 15.0. The molecule has 1 aromatic rings. The zero-order valence-electron chi connectivity index (χ0n) is 19.4. The van der Waals surface area contributed by atoms with Crippen LogP contribution in [0.2, 0.25) is 0 Å². The van der Waals surface area contributed by atoms with Gasteiger partial charge in [0.1, 0.15) is 0 Å². The summed E-state index contributed by atoms with van der Waals surface area (Å²) in [6, 6.07) is 5.89. The normalized spacial score (nSPS) is 17.9. The zero-order valence-corrected chi connectivity index (χ0v) is 20.2. The third kappa shape index (κ3) is 7.25. The first kappa shape index (κ1) is 24.6. The van der Waals surface area contributed by atoms with Crippen molar-refractivity contribution >= 4 is 15.8 Å². The molecule has 30 heavy (non-hydrogen) atoms. The molecule has 1 heterocycles. The van der Waals surface area contributed by atoms with Crippen LogP contribution in [-0.2, 0) is 16.4 Å². The van der Waals surface area contributed by atoms with Gasteiger partial charge in [-0.05, 0) is 44.0 Å². The number of hydrogen-bond donors (Lipinski definition) is 2. The molecule has 2 N–H and O–H groups in total. The number of sulfone groups is 1. The molecule has 8 heteroatoms. The Labute approximate surface area is 182 Å². The number of hydrogen-bond acceptors (Lipinski definition) is 5. The van der Waals surface area contributed by atoms with E-state index in [-0.39, 0.29) is 0 Å². The Kier molecular flexibility index (Phi) is 9.12. The van der Waals surface area contributed by atoms with E-state index in [1.807, 2.05) is 19.1 Å². The average Bonchev–Trinajstić information content (AvgIpc) is 2.66. The van der Waals surface area contributed by atoms with Crippen molar-refractivity contribution < 1.29 is 8.42 Å². The lowest BCUT2D eigenvalue weighted by Crippen LogP contribution is -2.55. The lowest BCUT2D eigenvalue weighted by Gasteiger charge is -2.40. The van der Waals surface area contributed by atoms with Crippen LogP contribution in [0.5, 0.6) is 0 Å². The molecule has 1 aromatic carbocycles. The van der Waals surface area contributed by atoms with Gasteiger partial charge in [0.2, 0.25) is 0 Å². The number of rotatable bonds is 8. The number of likely N-dealkylation sites (N-methyl/N-ethyl adjacent to an activating group) is 1. The van der Waals surface area contributed by atoms with Gasteiger partial charge in [0.05, 0.1) is 11.4 Å². The van der Waals surface area contributed by atoms with Gasteiger partial charge in [-0.15, -0.1) is 0 Å². The highest BCUT2D eigenvalue weighted by molar-refractivity contribution is 7.90. The Morgan fingerprint density at radius 1 is 1.17 bits per heavy atom. The Morgan fingerprint density at radius 2 is 1.83 bits per heavy atom. The quantitative estimate of drug-likeness (QED) is 0.476. The predicted molar refractivity (Wildman–Crippen MR) is 125 cm³/mol. The van der Waals surface area contributed by atoms with Gasteiger partial charge < -0.3 is 15.5 Å². The van der Waals surface area contributed by atoms with Crippen LogP contribution >= 0.6 is 0 Å². The van der Waals surface area contributed by atoms with E-state index in [0.29, 0.717) is 23.4 Å². The van der Waals surface area contributed by atoms with Crippen molar-refractivity contribution in [2.24, 2.45) is 10.9 Å². The van der Waals surface area contributed by atoms with Gasteiger partial charge in [-0.25, -0.2) is 13.4 Å². The van der Waals surface area contributed by atoms with Crippen molar-refractivity contribution in [3.63, 3.8) is 0 Å². The first-order chi connectivity index (χ1) is 14.1. The highest BCUT2D eigenvalue weighted by Crippen LogP contribution is 2.17. The van der Waals surface area contributed by atoms with Gasteiger partial charge in [-0.1, -0.05) is 26.0 Å². The second kappa shape index (κ2) is 11.1. The van der Waals surface area contributed by atoms with E-state index in [1.54, 1.807) is 6.07 Å². The maximum Gasteiger partial charge on any atom is 0.191 e. The highest BCUT2D eigenvalue weighted by Gasteiger charge is 2.25. The standard InChI is InChI=1S/C22H39N5O2S/c1-7-23-22(24-15-19-8-9-21(18(4)14-19)30(6,28)29)25-16-20(17(2)3)27-12-10-26(5)11-13-27/h8-9,14,17,20H,7,10-13,15-16H2,1-6H3,(H2,23,24,25). The minimum atomic E-state index is -3.20. The summed E-state index contributed by atoms with van der Waals surface area (Å²) in [4.78, 5) is 10.1. The van der Waals surface area contributed by atoms with Crippen LogP contribution in [0.3, 0.4) is 0 Å². The van der Waals surface area contributed by atoms with Crippen LogP contribution in [-0.4, -0.2) is 82.8 Å². The fraction of sp³-hybridized carbons (Fsp3) is 0.682. The van der Waals surface area contributed by atoms with E-state index in [0.717, 1.165) is 56.4 Å². The monoisotopic (exact) mass is 437 g/mol. The van der Waals surface area contributed by atoms with E-state index >= 15 is 0 Å². The number of aliphatic imine (C=N–C) groups is 1.